The number of hydrogen-bond acceptors (Lipinski definition) is 7. The highest BCUT2D eigenvalue weighted by molar-refractivity contribution is 9.10. The van der Waals surface area contributed by atoms with Gasteiger partial charge in [0, 0.05) is 16.6 Å². The van der Waals surface area contributed by atoms with Gasteiger partial charge in [-0.2, -0.15) is 0 Å². The zero-order valence-corrected chi connectivity index (χ0v) is 15.9. The van der Waals surface area contributed by atoms with Gasteiger partial charge in [0.15, 0.2) is 0 Å². The molecule has 1 aliphatic rings. The lowest BCUT2D eigenvalue weighted by molar-refractivity contribution is -0.121. The minimum atomic E-state index is -4.41. The monoisotopic (exact) mass is 436 g/mol. The van der Waals surface area contributed by atoms with E-state index in [4.69, 9.17) is 17.0 Å². The van der Waals surface area contributed by atoms with Gasteiger partial charge < -0.3 is 9.29 Å². The van der Waals surface area contributed by atoms with Gasteiger partial charge in [0.25, 0.3) is 5.91 Å². The maximum atomic E-state index is 12.3. The fourth-order valence-corrected chi connectivity index (χ4v) is 3.94. The number of nitrogens with zero attached hydrogens (tertiary/aromatic N) is 1. The molecule has 10 heteroatoms. The van der Waals surface area contributed by atoms with Crippen molar-refractivity contribution in [2.75, 3.05) is 19.4 Å². The van der Waals surface area contributed by atoms with Crippen LogP contribution in [0.15, 0.2) is 27.6 Å². The third-order valence-corrected chi connectivity index (χ3v) is 5.47. The number of ether oxygens (including phenoxy) is 1. The van der Waals surface area contributed by atoms with Crippen molar-refractivity contribution >= 4 is 66.3 Å². The molecule has 0 aromatic heterocycles. The fraction of sp³-hybridized carbons (Fsp3) is 0.231. The molecule has 0 radical (unpaired) electrons. The van der Waals surface area contributed by atoms with E-state index in [2.05, 4.69) is 15.9 Å². The number of thioether (sulfide) groups is 1. The highest BCUT2D eigenvalue weighted by Crippen LogP contribution is 2.34. The predicted octanol–water partition coefficient (Wildman–Crippen LogP) is 2.20. The maximum Gasteiger partial charge on any atom is 0.266 e. The second-order valence-electron chi connectivity index (χ2n) is 4.48. The van der Waals surface area contributed by atoms with Crippen LogP contribution in [0.25, 0.3) is 6.08 Å². The van der Waals surface area contributed by atoms with E-state index in [-0.39, 0.29) is 10.9 Å². The Kier molecular flexibility index (Phi) is 5.84. The molecule has 2 rings (SSSR count). The third kappa shape index (κ3) is 4.77. The molecule has 23 heavy (non-hydrogen) atoms. The van der Waals surface area contributed by atoms with E-state index in [0.717, 1.165) is 21.1 Å². The minimum absolute atomic E-state index is 0.221. The SMILES string of the molecule is COc1ccc(Br)cc1/C=C1\SC(=S)N(CCS(=O)(=O)[O-])C1=O. The average molecular weight is 437 g/mol. The molecule has 0 saturated carbocycles. The van der Waals surface area contributed by atoms with E-state index in [1.54, 1.807) is 24.3 Å². The van der Waals surface area contributed by atoms with Gasteiger partial charge in [-0.15, -0.1) is 0 Å². The van der Waals surface area contributed by atoms with Crippen LogP contribution in [-0.4, -0.2) is 47.5 Å². The molecule has 6 nitrogen and oxygen atoms in total. The topological polar surface area (TPSA) is 86.7 Å². The molecule has 1 aromatic rings. The number of rotatable bonds is 5. The molecule has 0 aliphatic carbocycles. The Morgan fingerprint density at radius 1 is 1.48 bits per heavy atom. The Morgan fingerprint density at radius 2 is 2.17 bits per heavy atom. The van der Waals surface area contributed by atoms with E-state index in [1.807, 2.05) is 0 Å². The number of carbonyl (C=O) groups is 1. The first-order valence-electron chi connectivity index (χ1n) is 6.24. The van der Waals surface area contributed by atoms with Crippen molar-refractivity contribution in [2.45, 2.75) is 0 Å². The molecule has 1 amide bonds. The van der Waals surface area contributed by atoms with Gasteiger partial charge >= 0.3 is 0 Å². The quantitative estimate of drug-likeness (QED) is 0.397. The fourth-order valence-electron chi connectivity index (χ4n) is 1.86. The van der Waals surface area contributed by atoms with Gasteiger partial charge in [0.05, 0.1) is 27.9 Å². The number of amides is 1. The van der Waals surface area contributed by atoms with Crippen molar-refractivity contribution in [3.8, 4) is 5.75 Å². The second kappa shape index (κ2) is 7.31. The van der Waals surface area contributed by atoms with E-state index >= 15 is 0 Å². The summed E-state index contributed by atoms with van der Waals surface area (Å²) in [4.78, 5) is 13.8. The van der Waals surface area contributed by atoms with Crippen LogP contribution in [0, 0.1) is 0 Å². The first-order chi connectivity index (χ1) is 10.7. The van der Waals surface area contributed by atoms with E-state index in [9.17, 15) is 17.8 Å². The molecule has 1 aromatic carbocycles. The first-order valence-corrected chi connectivity index (χ1v) is 9.83. The number of methoxy groups -OCH3 is 1. The number of benzene rings is 1. The lowest BCUT2D eigenvalue weighted by Gasteiger charge is -2.15. The number of carbonyl (C=O) groups excluding carboxylic acids is 1. The lowest BCUT2D eigenvalue weighted by atomic mass is 10.2. The van der Waals surface area contributed by atoms with Crippen LogP contribution < -0.4 is 4.74 Å². The number of halogens is 1. The molecule has 1 saturated heterocycles. The Morgan fingerprint density at radius 3 is 2.78 bits per heavy atom. The summed E-state index contributed by atoms with van der Waals surface area (Å²) in [5.41, 5.74) is 0.679. The second-order valence-corrected chi connectivity index (χ2v) is 8.60. The summed E-state index contributed by atoms with van der Waals surface area (Å²) < 4.78 is 38.4. The van der Waals surface area contributed by atoms with Crippen LogP contribution in [0.4, 0.5) is 0 Å². The van der Waals surface area contributed by atoms with Gasteiger partial charge in [-0.25, -0.2) is 8.42 Å². The number of hydrogen-bond donors (Lipinski definition) is 0. The standard InChI is InChI=1S/C13H12BrNO5S3/c1-20-10-3-2-9(14)6-8(10)7-11-12(16)15(13(21)22-11)4-5-23(17,18)19/h2-3,6-7H,4-5H2,1H3,(H,17,18,19)/p-1/b11-7-. The van der Waals surface area contributed by atoms with Crippen molar-refractivity contribution in [1.29, 1.82) is 0 Å². The summed E-state index contributed by atoms with van der Waals surface area (Å²) in [7, 11) is -2.89. The maximum absolute atomic E-state index is 12.3. The molecule has 0 atom stereocenters. The molecule has 1 heterocycles. The van der Waals surface area contributed by atoms with Crippen LogP contribution in [-0.2, 0) is 14.9 Å². The van der Waals surface area contributed by atoms with Crippen LogP contribution in [0.5, 0.6) is 5.75 Å². The van der Waals surface area contributed by atoms with Crippen molar-refractivity contribution in [3.05, 3.63) is 33.1 Å². The number of thiocarbonyl (C=S) groups is 1. The summed E-state index contributed by atoms with van der Waals surface area (Å²) in [5, 5.41) is 0. The lowest BCUT2D eigenvalue weighted by Crippen LogP contribution is -2.32. The molecule has 0 bridgehead atoms. The van der Waals surface area contributed by atoms with Crippen LogP contribution in [0.3, 0.4) is 0 Å². The molecular weight excluding hydrogens is 426 g/mol. The Hall–Kier alpha value is -0.940. The largest absolute Gasteiger partial charge is 0.748 e. The van der Waals surface area contributed by atoms with E-state index in [0.29, 0.717) is 16.2 Å². The predicted molar refractivity (Wildman–Crippen MR) is 95.1 cm³/mol. The molecule has 0 N–H and O–H groups in total. The van der Waals surface area contributed by atoms with Gasteiger partial charge in [-0.05, 0) is 24.3 Å². The van der Waals surface area contributed by atoms with E-state index in [1.165, 1.54) is 7.11 Å². The van der Waals surface area contributed by atoms with E-state index < -0.39 is 21.8 Å². The van der Waals surface area contributed by atoms with Gasteiger partial charge in [-0.1, -0.05) is 39.9 Å². The average Bonchev–Trinajstić information content (AvgIpc) is 2.71. The normalized spacial score (nSPS) is 17.2. The summed E-state index contributed by atoms with van der Waals surface area (Å²) in [6, 6.07) is 5.34. The highest BCUT2D eigenvalue weighted by Gasteiger charge is 2.32. The molecule has 1 aliphatic heterocycles. The van der Waals surface area contributed by atoms with Gasteiger partial charge in [-0.3, -0.25) is 9.69 Å². The van der Waals surface area contributed by atoms with Crippen molar-refractivity contribution < 1.29 is 22.5 Å². The van der Waals surface area contributed by atoms with Crippen molar-refractivity contribution in [2.24, 2.45) is 0 Å². The summed E-state index contributed by atoms with van der Waals surface area (Å²) >= 11 is 9.48. The molecule has 0 unspecified atom stereocenters. The minimum Gasteiger partial charge on any atom is -0.748 e. The molecule has 0 spiro atoms. The van der Waals surface area contributed by atoms with Crippen molar-refractivity contribution in [1.82, 2.24) is 4.90 Å². The summed E-state index contributed by atoms with van der Waals surface area (Å²) in [6.07, 6.45) is 1.62. The molecule has 1 fully saturated rings. The van der Waals surface area contributed by atoms with Crippen LogP contribution >= 0.6 is 39.9 Å². The third-order valence-electron chi connectivity index (χ3n) is 2.92. The molecular formula is C13H11BrNO5S3-. The highest BCUT2D eigenvalue weighted by atomic mass is 79.9. The smallest absolute Gasteiger partial charge is 0.266 e. The van der Waals surface area contributed by atoms with Crippen molar-refractivity contribution in [3.63, 3.8) is 0 Å². The summed E-state index contributed by atoms with van der Waals surface area (Å²) in [5.74, 6) is -0.515. The zero-order chi connectivity index (χ0) is 17.2. The molecule has 124 valence electrons. The first kappa shape index (κ1) is 18.4. The Balaban J connectivity index is 2.27. The summed E-state index contributed by atoms with van der Waals surface area (Å²) in [6.45, 7) is -0.247. The Labute approximate surface area is 151 Å². The zero-order valence-electron chi connectivity index (χ0n) is 11.8. The van der Waals surface area contributed by atoms with Crippen LogP contribution in [0.1, 0.15) is 5.56 Å². The van der Waals surface area contributed by atoms with Crippen LogP contribution in [0.2, 0.25) is 0 Å². The van der Waals surface area contributed by atoms with Gasteiger partial charge in [0.2, 0.25) is 0 Å². The Bertz CT molecular complexity index is 791. The van der Waals surface area contributed by atoms with Gasteiger partial charge in [0.1, 0.15) is 10.1 Å².